The van der Waals surface area contributed by atoms with Crippen LogP contribution < -0.4 is 10.6 Å². The highest BCUT2D eigenvalue weighted by Crippen LogP contribution is 2.41. The molecular weight excluding hydrogens is 446 g/mol. The van der Waals surface area contributed by atoms with Gasteiger partial charge in [-0.2, -0.15) is 5.26 Å². The van der Waals surface area contributed by atoms with E-state index >= 15 is 4.39 Å². The maximum Gasteiger partial charge on any atom is 0.167 e. The molecule has 3 heterocycles. The van der Waals surface area contributed by atoms with Crippen LogP contribution >= 0.6 is 0 Å². The van der Waals surface area contributed by atoms with Crippen molar-refractivity contribution < 1.29 is 8.78 Å². The number of fused-ring (bicyclic) bond motifs is 1. The zero-order valence-corrected chi connectivity index (χ0v) is 19.1. The molecule has 4 aromatic rings. The standard InChI is InChI=1S/C27H24F2N6/c28-21-13-18(5-6-19(21)14-30)26-33-25-24(34-11-1-2-20(31)15-34)9-10-32-27(25)35(26)23-8-7-17(12-22(23)29)16-3-4-16/h5-10,12-13,16,20H,1-4,11,15,31H2/t20-/m1/s1. The zero-order chi connectivity index (χ0) is 24.1. The molecule has 1 saturated carbocycles. The van der Waals surface area contributed by atoms with E-state index in [1.54, 1.807) is 29.0 Å². The Labute approximate surface area is 201 Å². The minimum atomic E-state index is -0.650. The zero-order valence-electron chi connectivity index (χ0n) is 19.1. The van der Waals surface area contributed by atoms with Crippen molar-refractivity contribution in [2.45, 2.75) is 37.6 Å². The summed E-state index contributed by atoms with van der Waals surface area (Å²) in [6, 6.07) is 13.4. The minimum Gasteiger partial charge on any atom is -0.368 e. The second kappa shape index (κ2) is 8.43. The molecule has 2 fully saturated rings. The quantitative estimate of drug-likeness (QED) is 0.452. The molecule has 6 nitrogen and oxygen atoms in total. The molecule has 1 atom stereocenters. The van der Waals surface area contributed by atoms with Gasteiger partial charge in [0.05, 0.1) is 16.9 Å². The highest BCUT2D eigenvalue weighted by atomic mass is 19.1. The molecule has 0 bridgehead atoms. The fourth-order valence-electron chi connectivity index (χ4n) is 4.99. The molecule has 1 aliphatic carbocycles. The number of pyridine rings is 1. The van der Waals surface area contributed by atoms with Crippen molar-refractivity contribution in [2.24, 2.45) is 5.73 Å². The summed E-state index contributed by atoms with van der Waals surface area (Å²) in [6.45, 7) is 1.53. The van der Waals surface area contributed by atoms with Crippen LogP contribution in [0.3, 0.4) is 0 Å². The summed E-state index contributed by atoms with van der Waals surface area (Å²) in [5.74, 6) is -0.249. The minimum absolute atomic E-state index is 0.0579. The van der Waals surface area contributed by atoms with Gasteiger partial charge in [0, 0.05) is 30.9 Å². The van der Waals surface area contributed by atoms with E-state index in [0.29, 0.717) is 40.7 Å². The number of anilines is 1. The van der Waals surface area contributed by atoms with Crippen molar-refractivity contribution >= 4 is 16.9 Å². The number of halogens is 2. The van der Waals surface area contributed by atoms with Crippen LogP contribution in [0.15, 0.2) is 48.7 Å². The fourth-order valence-corrected chi connectivity index (χ4v) is 4.99. The van der Waals surface area contributed by atoms with Crippen LogP contribution in [0.1, 0.15) is 42.7 Å². The Morgan fingerprint density at radius 1 is 1.00 bits per heavy atom. The van der Waals surface area contributed by atoms with Crippen LogP contribution in [0.4, 0.5) is 14.5 Å². The Morgan fingerprint density at radius 3 is 2.57 bits per heavy atom. The average molecular weight is 471 g/mol. The topological polar surface area (TPSA) is 83.8 Å². The summed E-state index contributed by atoms with van der Waals surface area (Å²) in [4.78, 5) is 11.6. The van der Waals surface area contributed by atoms with Crippen LogP contribution in [0, 0.1) is 23.0 Å². The molecule has 0 unspecified atom stereocenters. The summed E-state index contributed by atoms with van der Waals surface area (Å²) in [7, 11) is 0. The molecule has 2 aromatic carbocycles. The second-order valence-corrected chi connectivity index (χ2v) is 9.41. The summed E-state index contributed by atoms with van der Waals surface area (Å²) < 4.78 is 31.8. The van der Waals surface area contributed by atoms with E-state index in [9.17, 15) is 4.39 Å². The Bertz CT molecular complexity index is 1480. The summed E-state index contributed by atoms with van der Waals surface area (Å²) in [6.07, 6.45) is 5.77. The second-order valence-electron chi connectivity index (χ2n) is 9.41. The van der Waals surface area contributed by atoms with E-state index in [4.69, 9.17) is 16.0 Å². The van der Waals surface area contributed by atoms with Gasteiger partial charge in [-0.25, -0.2) is 18.7 Å². The van der Waals surface area contributed by atoms with Crippen molar-refractivity contribution in [1.82, 2.24) is 14.5 Å². The number of hydrogen-bond acceptors (Lipinski definition) is 5. The monoisotopic (exact) mass is 470 g/mol. The Kier molecular flexibility index (Phi) is 5.23. The highest BCUT2D eigenvalue weighted by molar-refractivity contribution is 5.90. The van der Waals surface area contributed by atoms with Crippen LogP contribution in [-0.4, -0.2) is 33.7 Å². The Morgan fingerprint density at radius 2 is 1.86 bits per heavy atom. The molecule has 35 heavy (non-hydrogen) atoms. The van der Waals surface area contributed by atoms with Gasteiger partial charge in [0.1, 0.15) is 29.0 Å². The summed E-state index contributed by atoms with van der Waals surface area (Å²) in [5.41, 5.74) is 9.85. The van der Waals surface area contributed by atoms with Gasteiger partial charge in [0.25, 0.3) is 0 Å². The van der Waals surface area contributed by atoms with Crippen molar-refractivity contribution in [3.63, 3.8) is 0 Å². The van der Waals surface area contributed by atoms with Gasteiger partial charge < -0.3 is 10.6 Å². The Hall–Kier alpha value is -3.83. The molecule has 2 aromatic heterocycles. The number of hydrogen-bond donors (Lipinski definition) is 1. The molecule has 1 aliphatic heterocycles. The number of imidazole rings is 1. The third-order valence-corrected chi connectivity index (χ3v) is 6.93. The number of aromatic nitrogens is 3. The van der Waals surface area contributed by atoms with E-state index < -0.39 is 5.82 Å². The molecule has 1 saturated heterocycles. The molecule has 2 aliphatic rings. The number of nitrogens with two attached hydrogens (primary N) is 1. The first-order chi connectivity index (χ1) is 17.0. The van der Waals surface area contributed by atoms with Crippen molar-refractivity contribution in [3.8, 4) is 23.1 Å². The first-order valence-electron chi connectivity index (χ1n) is 11.9. The van der Waals surface area contributed by atoms with Crippen LogP contribution in [0.5, 0.6) is 0 Å². The average Bonchev–Trinajstić information content (AvgIpc) is 3.64. The number of piperidine rings is 1. The fraction of sp³-hybridized carbons (Fsp3) is 0.296. The first kappa shape index (κ1) is 21.7. The molecular formula is C27H24F2N6. The van der Waals surface area contributed by atoms with Crippen LogP contribution in [0.2, 0.25) is 0 Å². The predicted octanol–water partition coefficient (Wildman–Crippen LogP) is 5.04. The molecule has 0 radical (unpaired) electrons. The lowest BCUT2D eigenvalue weighted by atomic mass is 10.1. The van der Waals surface area contributed by atoms with Gasteiger partial charge in [0.2, 0.25) is 0 Å². The smallest absolute Gasteiger partial charge is 0.167 e. The summed E-state index contributed by atoms with van der Waals surface area (Å²) in [5, 5.41) is 9.15. The third kappa shape index (κ3) is 3.82. The van der Waals surface area contributed by atoms with Gasteiger partial charge in [-0.15, -0.1) is 0 Å². The number of nitriles is 1. The largest absolute Gasteiger partial charge is 0.368 e. The van der Waals surface area contributed by atoms with E-state index in [1.165, 1.54) is 12.1 Å². The normalized spacial score (nSPS) is 18.1. The third-order valence-electron chi connectivity index (χ3n) is 6.93. The lowest BCUT2D eigenvalue weighted by molar-refractivity contribution is 0.507. The first-order valence-corrected chi connectivity index (χ1v) is 11.9. The molecule has 6 rings (SSSR count). The highest BCUT2D eigenvalue weighted by Gasteiger charge is 2.27. The van der Waals surface area contributed by atoms with Gasteiger partial charge in [-0.05, 0) is 73.6 Å². The molecule has 0 amide bonds. The van der Waals surface area contributed by atoms with Crippen LogP contribution in [0.25, 0.3) is 28.2 Å². The number of benzene rings is 2. The Balaban J connectivity index is 1.58. The molecule has 2 N–H and O–H groups in total. The van der Waals surface area contributed by atoms with Crippen LogP contribution in [-0.2, 0) is 0 Å². The molecule has 8 heteroatoms. The van der Waals surface area contributed by atoms with E-state index in [-0.39, 0.29) is 17.4 Å². The van der Waals surface area contributed by atoms with Gasteiger partial charge >= 0.3 is 0 Å². The molecule has 176 valence electrons. The van der Waals surface area contributed by atoms with Crippen molar-refractivity contribution in [2.75, 3.05) is 18.0 Å². The number of rotatable bonds is 4. The molecule has 0 spiro atoms. The van der Waals surface area contributed by atoms with E-state index in [0.717, 1.165) is 43.5 Å². The lowest BCUT2D eigenvalue weighted by Gasteiger charge is -2.32. The van der Waals surface area contributed by atoms with Gasteiger partial charge in [-0.3, -0.25) is 4.57 Å². The van der Waals surface area contributed by atoms with Gasteiger partial charge in [-0.1, -0.05) is 6.07 Å². The predicted molar refractivity (Wildman–Crippen MR) is 130 cm³/mol. The van der Waals surface area contributed by atoms with E-state index in [1.807, 2.05) is 18.2 Å². The maximum absolute atomic E-state index is 15.5. The number of nitrogens with zero attached hydrogens (tertiary/aromatic N) is 5. The van der Waals surface area contributed by atoms with Crippen molar-refractivity contribution in [3.05, 3.63) is 71.4 Å². The van der Waals surface area contributed by atoms with Crippen molar-refractivity contribution in [1.29, 1.82) is 5.26 Å². The SMILES string of the molecule is N#Cc1ccc(-c2nc3c(N4CCC[C@@H](N)C4)ccnc3n2-c2ccc(C3CC3)cc2F)cc1F. The lowest BCUT2D eigenvalue weighted by Crippen LogP contribution is -2.42. The van der Waals surface area contributed by atoms with Gasteiger partial charge in [0.15, 0.2) is 5.65 Å². The maximum atomic E-state index is 15.5. The summed E-state index contributed by atoms with van der Waals surface area (Å²) >= 11 is 0. The van der Waals surface area contributed by atoms with E-state index in [2.05, 4.69) is 9.88 Å².